The summed E-state index contributed by atoms with van der Waals surface area (Å²) in [6.45, 7) is 0.332. The summed E-state index contributed by atoms with van der Waals surface area (Å²) < 4.78 is 0. The molecule has 1 aromatic rings. The predicted octanol–water partition coefficient (Wildman–Crippen LogP) is 2.33. The van der Waals surface area contributed by atoms with Crippen molar-refractivity contribution >= 4 is 35.0 Å². The number of halogens is 1. The Morgan fingerprint density at radius 3 is 2.81 bits per heavy atom. The highest BCUT2D eigenvalue weighted by molar-refractivity contribution is 6.32. The van der Waals surface area contributed by atoms with Gasteiger partial charge in [0.05, 0.1) is 4.92 Å². The van der Waals surface area contributed by atoms with Gasteiger partial charge < -0.3 is 15.3 Å². The number of hydrogen-bond acceptors (Lipinski definition) is 4. The standard InChI is InChI=1S/C12H12ClN3O5/c13-8-4-3-7(6-10(8)16(20)21)14-12(19)15-5-1-2-9(15)11(17)18/h3-4,6,9H,1-2,5H2,(H,14,19)(H,17,18)/t9-/m1/s1. The minimum atomic E-state index is -1.07. The fraction of sp³-hybridized carbons (Fsp3) is 0.333. The monoisotopic (exact) mass is 313 g/mol. The van der Waals surface area contributed by atoms with Crippen LogP contribution in [-0.2, 0) is 4.79 Å². The number of hydrogen-bond donors (Lipinski definition) is 2. The topological polar surface area (TPSA) is 113 Å². The second-order valence-electron chi connectivity index (χ2n) is 4.54. The Morgan fingerprint density at radius 2 is 2.19 bits per heavy atom. The van der Waals surface area contributed by atoms with Gasteiger partial charge in [0.1, 0.15) is 11.1 Å². The minimum absolute atomic E-state index is 0.0393. The summed E-state index contributed by atoms with van der Waals surface area (Å²) in [4.78, 5) is 34.4. The van der Waals surface area contributed by atoms with E-state index in [0.29, 0.717) is 19.4 Å². The lowest BCUT2D eigenvalue weighted by atomic mass is 10.2. The number of rotatable bonds is 3. The van der Waals surface area contributed by atoms with Gasteiger partial charge in [0.25, 0.3) is 5.69 Å². The molecule has 2 amide bonds. The smallest absolute Gasteiger partial charge is 0.326 e. The molecule has 0 aliphatic carbocycles. The van der Waals surface area contributed by atoms with Crippen LogP contribution in [0.5, 0.6) is 0 Å². The van der Waals surface area contributed by atoms with Crippen LogP contribution in [-0.4, -0.2) is 39.5 Å². The number of benzene rings is 1. The second kappa shape index (κ2) is 5.96. The van der Waals surface area contributed by atoms with Crippen LogP contribution >= 0.6 is 11.6 Å². The van der Waals surface area contributed by atoms with Crippen molar-refractivity contribution in [1.82, 2.24) is 4.90 Å². The number of nitro groups is 1. The SMILES string of the molecule is O=C(O)[C@H]1CCCN1C(=O)Nc1ccc(Cl)c([N+](=O)[O-])c1. The van der Waals surface area contributed by atoms with Crippen LogP contribution in [0.15, 0.2) is 18.2 Å². The molecule has 0 unspecified atom stereocenters. The third-order valence-corrected chi connectivity index (χ3v) is 3.51. The summed E-state index contributed by atoms with van der Waals surface area (Å²) in [5, 5.41) is 22.2. The molecule has 1 heterocycles. The normalized spacial score (nSPS) is 17.6. The van der Waals surface area contributed by atoms with Crippen LogP contribution in [0.4, 0.5) is 16.2 Å². The maximum Gasteiger partial charge on any atom is 0.326 e. The number of urea groups is 1. The van der Waals surface area contributed by atoms with Crippen molar-refractivity contribution in [2.45, 2.75) is 18.9 Å². The molecule has 2 rings (SSSR count). The molecule has 0 bridgehead atoms. The van der Waals surface area contributed by atoms with Crippen molar-refractivity contribution in [3.05, 3.63) is 33.3 Å². The maximum absolute atomic E-state index is 12.0. The van der Waals surface area contributed by atoms with Crippen molar-refractivity contribution in [3.8, 4) is 0 Å². The molecule has 112 valence electrons. The Balaban J connectivity index is 2.14. The highest BCUT2D eigenvalue weighted by Crippen LogP contribution is 2.28. The Hall–Kier alpha value is -2.35. The van der Waals surface area contributed by atoms with Gasteiger partial charge in [-0.15, -0.1) is 0 Å². The number of likely N-dealkylation sites (tertiary alicyclic amines) is 1. The van der Waals surface area contributed by atoms with Gasteiger partial charge >= 0.3 is 12.0 Å². The first kappa shape index (κ1) is 15.0. The fourth-order valence-electron chi connectivity index (χ4n) is 2.19. The third kappa shape index (κ3) is 3.22. The van der Waals surface area contributed by atoms with Gasteiger partial charge in [0.2, 0.25) is 0 Å². The van der Waals surface area contributed by atoms with E-state index in [1.807, 2.05) is 0 Å². The van der Waals surface area contributed by atoms with Gasteiger partial charge in [-0.05, 0) is 25.0 Å². The van der Waals surface area contributed by atoms with Gasteiger partial charge in [0.15, 0.2) is 0 Å². The van der Waals surface area contributed by atoms with E-state index in [0.717, 1.165) is 6.07 Å². The number of amides is 2. The number of anilines is 1. The summed E-state index contributed by atoms with van der Waals surface area (Å²) >= 11 is 5.68. The molecule has 1 atom stereocenters. The molecule has 1 fully saturated rings. The number of carbonyl (C=O) groups is 2. The van der Waals surface area contributed by atoms with Crippen molar-refractivity contribution in [1.29, 1.82) is 0 Å². The lowest BCUT2D eigenvalue weighted by Gasteiger charge is -2.21. The lowest BCUT2D eigenvalue weighted by Crippen LogP contribution is -2.42. The summed E-state index contributed by atoms with van der Waals surface area (Å²) in [7, 11) is 0. The number of aliphatic carboxylic acids is 1. The number of nitrogens with one attached hydrogen (secondary N) is 1. The molecule has 2 N–H and O–H groups in total. The molecule has 21 heavy (non-hydrogen) atoms. The Labute approximate surface area is 124 Å². The predicted molar refractivity (Wildman–Crippen MR) is 74.5 cm³/mol. The number of carbonyl (C=O) groups excluding carboxylic acids is 1. The zero-order chi connectivity index (χ0) is 15.6. The summed E-state index contributed by atoms with van der Waals surface area (Å²) in [5.41, 5.74) is -0.141. The van der Waals surface area contributed by atoms with Crippen LogP contribution in [0.1, 0.15) is 12.8 Å². The Bertz CT molecular complexity index is 607. The van der Waals surface area contributed by atoms with E-state index in [2.05, 4.69) is 5.32 Å². The summed E-state index contributed by atoms with van der Waals surface area (Å²) in [5.74, 6) is -1.07. The quantitative estimate of drug-likeness (QED) is 0.656. The Kier molecular flexibility index (Phi) is 4.27. The van der Waals surface area contributed by atoms with Gasteiger partial charge in [-0.3, -0.25) is 10.1 Å². The number of carboxylic acid groups (broad SMARTS) is 1. The van der Waals surface area contributed by atoms with Gasteiger partial charge in [0, 0.05) is 18.3 Å². The summed E-state index contributed by atoms with van der Waals surface area (Å²) in [6.07, 6.45) is 0.995. The van der Waals surface area contributed by atoms with E-state index in [1.54, 1.807) is 0 Å². The molecular formula is C12H12ClN3O5. The molecule has 9 heteroatoms. The fourth-order valence-corrected chi connectivity index (χ4v) is 2.38. The van der Waals surface area contributed by atoms with Crippen LogP contribution < -0.4 is 5.32 Å². The lowest BCUT2D eigenvalue weighted by molar-refractivity contribution is -0.384. The third-order valence-electron chi connectivity index (χ3n) is 3.19. The molecule has 1 aromatic carbocycles. The van der Waals surface area contributed by atoms with E-state index in [9.17, 15) is 19.7 Å². The van der Waals surface area contributed by atoms with Crippen molar-refractivity contribution < 1.29 is 19.6 Å². The zero-order valence-corrected chi connectivity index (χ0v) is 11.5. The van der Waals surface area contributed by atoms with Gasteiger partial charge in [-0.25, -0.2) is 9.59 Å². The number of carboxylic acids is 1. The van der Waals surface area contributed by atoms with Crippen molar-refractivity contribution in [3.63, 3.8) is 0 Å². The zero-order valence-electron chi connectivity index (χ0n) is 10.8. The molecule has 0 radical (unpaired) electrons. The Morgan fingerprint density at radius 1 is 1.48 bits per heavy atom. The first-order valence-electron chi connectivity index (χ1n) is 6.14. The second-order valence-corrected chi connectivity index (χ2v) is 4.95. The largest absolute Gasteiger partial charge is 0.480 e. The highest BCUT2D eigenvalue weighted by atomic mass is 35.5. The van der Waals surface area contributed by atoms with Crippen molar-refractivity contribution in [2.24, 2.45) is 0 Å². The van der Waals surface area contributed by atoms with Crippen LogP contribution in [0, 0.1) is 10.1 Å². The van der Waals surface area contributed by atoms with Crippen LogP contribution in [0.25, 0.3) is 0 Å². The highest BCUT2D eigenvalue weighted by Gasteiger charge is 2.34. The molecule has 0 saturated carbocycles. The molecule has 0 aromatic heterocycles. The van der Waals surface area contributed by atoms with E-state index in [4.69, 9.17) is 16.7 Å². The van der Waals surface area contributed by atoms with Crippen LogP contribution in [0.3, 0.4) is 0 Å². The molecule has 1 saturated heterocycles. The average molecular weight is 314 g/mol. The van der Waals surface area contributed by atoms with Gasteiger partial charge in [-0.2, -0.15) is 0 Å². The number of nitro benzene ring substituents is 1. The van der Waals surface area contributed by atoms with Crippen LogP contribution in [0.2, 0.25) is 5.02 Å². The molecule has 8 nitrogen and oxygen atoms in total. The first-order valence-corrected chi connectivity index (χ1v) is 6.52. The van der Waals surface area contributed by atoms with Gasteiger partial charge in [-0.1, -0.05) is 11.6 Å². The summed E-state index contributed by atoms with van der Waals surface area (Å²) in [6, 6.07) is 2.38. The number of nitrogens with zero attached hydrogens (tertiary/aromatic N) is 2. The van der Waals surface area contributed by atoms with E-state index in [1.165, 1.54) is 17.0 Å². The molecule has 1 aliphatic rings. The maximum atomic E-state index is 12.0. The molecule has 1 aliphatic heterocycles. The minimum Gasteiger partial charge on any atom is -0.480 e. The molecular weight excluding hydrogens is 302 g/mol. The van der Waals surface area contributed by atoms with Crippen molar-refractivity contribution in [2.75, 3.05) is 11.9 Å². The average Bonchev–Trinajstić information content (AvgIpc) is 2.90. The van der Waals surface area contributed by atoms with E-state index >= 15 is 0 Å². The molecule has 0 spiro atoms. The first-order chi connectivity index (χ1) is 9.90. The van der Waals surface area contributed by atoms with E-state index in [-0.39, 0.29) is 16.4 Å². The van der Waals surface area contributed by atoms with E-state index < -0.39 is 23.0 Å².